The van der Waals surface area contributed by atoms with Crippen molar-refractivity contribution in [3.63, 3.8) is 0 Å². The minimum absolute atomic E-state index is 0.0104. The van der Waals surface area contributed by atoms with Crippen molar-refractivity contribution in [3.05, 3.63) is 30.1 Å². The Morgan fingerprint density at radius 2 is 2.39 bits per heavy atom. The molecule has 3 N–H and O–H groups in total. The molecule has 2 rings (SSSR count). The van der Waals surface area contributed by atoms with Crippen molar-refractivity contribution in [1.82, 2.24) is 5.32 Å². The Morgan fingerprint density at radius 1 is 1.56 bits per heavy atom. The third-order valence-corrected chi connectivity index (χ3v) is 3.15. The Hall–Kier alpha value is -1.62. The first-order chi connectivity index (χ1) is 8.69. The summed E-state index contributed by atoms with van der Waals surface area (Å²) in [6, 6.07) is 6.63. The second kappa shape index (κ2) is 5.82. The van der Waals surface area contributed by atoms with Crippen LogP contribution >= 0.6 is 0 Å². The first kappa shape index (κ1) is 12.8. The highest BCUT2D eigenvalue weighted by molar-refractivity contribution is 5.78. The second-order valence-corrected chi connectivity index (χ2v) is 4.54. The Bertz CT molecular complexity index is 424. The maximum Gasteiger partial charge on any atom is 0.234 e. The number of hydrogen-bond donors (Lipinski definition) is 2. The zero-order chi connectivity index (χ0) is 13.0. The molecule has 0 aliphatic carbocycles. The van der Waals surface area contributed by atoms with E-state index in [1.54, 1.807) is 6.07 Å². The average molecular weight is 251 g/mol. The molecule has 0 saturated carbocycles. The van der Waals surface area contributed by atoms with Crippen LogP contribution in [0.25, 0.3) is 0 Å². The van der Waals surface area contributed by atoms with E-state index < -0.39 is 0 Å². The quantitative estimate of drug-likeness (QED) is 0.838. The van der Waals surface area contributed by atoms with Gasteiger partial charge >= 0.3 is 0 Å². The lowest BCUT2D eigenvalue weighted by Gasteiger charge is -2.34. The molecule has 0 spiro atoms. The number of carbonyl (C=O) groups excluding carboxylic acids is 1. The Labute approximate surface area is 106 Å². The van der Waals surface area contributed by atoms with Gasteiger partial charge in [-0.3, -0.25) is 4.79 Å². The summed E-state index contributed by atoms with van der Waals surface area (Å²) in [6.45, 7) is 1.60. The van der Waals surface area contributed by atoms with E-state index in [4.69, 9.17) is 5.73 Å². The van der Waals surface area contributed by atoms with Gasteiger partial charge in [-0.1, -0.05) is 6.07 Å². The third kappa shape index (κ3) is 3.20. The van der Waals surface area contributed by atoms with Gasteiger partial charge in [-0.2, -0.15) is 0 Å². The van der Waals surface area contributed by atoms with Crippen LogP contribution in [-0.4, -0.2) is 31.6 Å². The van der Waals surface area contributed by atoms with Crippen LogP contribution in [0, 0.1) is 5.82 Å². The van der Waals surface area contributed by atoms with Gasteiger partial charge in [-0.15, -0.1) is 0 Å². The molecule has 18 heavy (non-hydrogen) atoms. The lowest BCUT2D eigenvalue weighted by Crippen LogP contribution is -2.49. The standard InChI is InChI=1S/C13H18FN3O/c14-10-3-1-5-12(7-10)17-6-2-4-11(9-17)16-13(18)8-15/h1,3,5,7,11H,2,4,6,8-9,15H2,(H,16,18). The van der Waals surface area contributed by atoms with Gasteiger partial charge < -0.3 is 16.0 Å². The molecule has 0 aromatic heterocycles. The summed E-state index contributed by atoms with van der Waals surface area (Å²) in [5, 5.41) is 2.88. The summed E-state index contributed by atoms with van der Waals surface area (Å²) in [7, 11) is 0. The molecule has 1 amide bonds. The monoisotopic (exact) mass is 251 g/mol. The number of nitrogens with two attached hydrogens (primary N) is 1. The minimum atomic E-state index is -0.236. The van der Waals surface area contributed by atoms with E-state index in [-0.39, 0.29) is 24.3 Å². The molecule has 1 fully saturated rings. The molecule has 1 aromatic rings. The fourth-order valence-corrected chi connectivity index (χ4v) is 2.29. The molecule has 1 aliphatic rings. The third-order valence-electron chi connectivity index (χ3n) is 3.15. The van der Waals surface area contributed by atoms with Crippen LogP contribution in [0.4, 0.5) is 10.1 Å². The highest BCUT2D eigenvalue weighted by Crippen LogP contribution is 2.20. The number of nitrogens with one attached hydrogen (secondary N) is 1. The summed E-state index contributed by atoms with van der Waals surface area (Å²) in [4.78, 5) is 13.4. The molecule has 98 valence electrons. The first-order valence-corrected chi connectivity index (χ1v) is 6.19. The number of carbonyl (C=O) groups is 1. The van der Waals surface area contributed by atoms with E-state index in [9.17, 15) is 9.18 Å². The van der Waals surface area contributed by atoms with Crippen molar-refractivity contribution in [3.8, 4) is 0 Å². The highest BCUT2D eigenvalue weighted by Gasteiger charge is 2.21. The van der Waals surface area contributed by atoms with Crippen LogP contribution in [0.1, 0.15) is 12.8 Å². The molecule has 5 heteroatoms. The number of benzene rings is 1. The van der Waals surface area contributed by atoms with Gasteiger partial charge in [-0.05, 0) is 31.0 Å². The van der Waals surface area contributed by atoms with Gasteiger partial charge in [0.25, 0.3) is 0 Å². The molecule has 4 nitrogen and oxygen atoms in total. The van der Waals surface area contributed by atoms with Gasteiger partial charge in [0.15, 0.2) is 0 Å². The van der Waals surface area contributed by atoms with Crippen molar-refractivity contribution < 1.29 is 9.18 Å². The fourth-order valence-electron chi connectivity index (χ4n) is 2.29. The summed E-state index contributed by atoms with van der Waals surface area (Å²) in [6.07, 6.45) is 1.92. The molecular formula is C13H18FN3O. The van der Waals surface area contributed by atoms with Crippen LogP contribution in [0.15, 0.2) is 24.3 Å². The number of hydrogen-bond acceptors (Lipinski definition) is 3. The molecule has 0 radical (unpaired) electrons. The van der Waals surface area contributed by atoms with E-state index in [2.05, 4.69) is 10.2 Å². The van der Waals surface area contributed by atoms with Crippen molar-refractivity contribution in [1.29, 1.82) is 0 Å². The second-order valence-electron chi connectivity index (χ2n) is 4.54. The van der Waals surface area contributed by atoms with Crippen LogP contribution in [0.5, 0.6) is 0 Å². The summed E-state index contributed by atoms with van der Waals surface area (Å²) in [5.41, 5.74) is 6.14. The zero-order valence-electron chi connectivity index (χ0n) is 10.2. The minimum Gasteiger partial charge on any atom is -0.369 e. The fraction of sp³-hybridized carbons (Fsp3) is 0.462. The van der Waals surface area contributed by atoms with E-state index in [1.807, 2.05) is 6.07 Å². The Kier molecular flexibility index (Phi) is 4.15. The molecule has 1 unspecified atom stereocenters. The summed E-state index contributed by atoms with van der Waals surface area (Å²) >= 11 is 0. The van der Waals surface area contributed by atoms with Crippen LogP contribution in [0.3, 0.4) is 0 Å². The van der Waals surface area contributed by atoms with Crippen molar-refractivity contribution in [2.24, 2.45) is 5.73 Å². The average Bonchev–Trinajstić information content (AvgIpc) is 2.39. The van der Waals surface area contributed by atoms with Gasteiger partial charge in [-0.25, -0.2) is 4.39 Å². The number of amides is 1. The molecule has 1 aliphatic heterocycles. The first-order valence-electron chi connectivity index (χ1n) is 6.19. The number of piperidine rings is 1. The predicted molar refractivity (Wildman–Crippen MR) is 68.8 cm³/mol. The van der Waals surface area contributed by atoms with Crippen molar-refractivity contribution >= 4 is 11.6 Å². The maximum atomic E-state index is 13.2. The van der Waals surface area contributed by atoms with Gasteiger partial charge in [0.1, 0.15) is 5.82 Å². The number of anilines is 1. The van der Waals surface area contributed by atoms with E-state index in [0.29, 0.717) is 6.54 Å². The summed E-state index contributed by atoms with van der Waals surface area (Å²) in [5.74, 6) is -0.373. The predicted octanol–water partition coefficient (Wildman–Crippen LogP) is 0.869. The molecule has 1 saturated heterocycles. The SMILES string of the molecule is NCC(=O)NC1CCCN(c2cccc(F)c2)C1. The lowest BCUT2D eigenvalue weighted by atomic mass is 10.0. The van der Waals surface area contributed by atoms with E-state index in [1.165, 1.54) is 12.1 Å². The maximum absolute atomic E-state index is 13.2. The lowest BCUT2D eigenvalue weighted by molar-refractivity contribution is -0.120. The number of rotatable bonds is 3. The van der Waals surface area contributed by atoms with Crippen LogP contribution in [0.2, 0.25) is 0 Å². The van der Waals surface area contributed by atoms with Crippen molar-refractivity contribution in [2.45, 2.75) is 18.9 Å². The Balaban J connectivity index is 2.00. The van der Waals surface area contributed by atoms with E-state index in [0.717, 1.165) is 25.1 Å². The van der Waals surface area contributed by atoms with Crippen LogP contribution < -0.4 is 16.0 Å². The van der Waals surface area contributed by atoms with Gasteiger partial charge in [0, 0.05) is 24.8 Å². The van der Waals surface area contributed by atoms with E-state index >= 15 is 0 Å². The molecular weight excluding hydrogens is 233 g/mol. The molecule has 1 atom stereocenters. The number of nitrogens with zero attached hydrogens (tertiary/aromatic N) is 1. The summed E-state index contributed by atoms with van der Waals surface area (Å²) < 4.78 is 13.2. The van der Waals surface area contributed by atoms with Crippen LogP contribution in [-0.2, 0) is 4.79 Å². The highest BCUT2D eigenvalue weighted by atomic mass is 19.1. The molecule has 1 heterocycles. The molecule has 1 aromatic carbocycles. The molecule has 0 bridgehead atoms. The van der Waals surface area contributed by atoms with Crippen molar-refractivity contribution in [2.75, 3.05) is 24.5 Å². The Morgan fingerprint density at radius 3 is 3.11 bits per heavy atom. The van der Waals surface area contributed by atoms with Gasteiger partial charge in [0.2, 0.25) is 5.91 Å². The smallest absolute Gasteiger partial charge is 0.234 e. The topological polar surface area (TPSA) is 58.4 Å². The largest absolute Gasteiger partial charge is 0.369 e. The normalized spacial score (nSPS) is 19.7. The number of halogens is 1. The van der Waals surface area contributed by atoms with Gasteiger partial charge in [0.05, 0.1) is 6.54 Å². The zero-order valence-corrected chi connectivity index (χ0v) is 10.2.